The van der Waals surface area contributed by atoms with Crippen LogP contribution in [0.3, 0.4) is 0 Å². The normalized spacial score (nSPS) is 9.56. The lowest BCUT2D eigenvalue weighted by Gasteiger charge is -1.96. The molecule has 2 N–H and O–H groups in total. The van der Waals surface area contributed by atoms with Crippen molar-refractivity contribution in [2.45, 2.75) is 0 Å². The third-order valence-corrected chi connectivity index (χ3v) is 1.84. The fraction of sp³-hybridized carbons (Fsp3) is 0. The van der Waals surface area contributed by atoms with E-state index in [-0.39, 0.29) is 0 Å². The van der Waals surface area contributed by atoms with Crippen LogP contribution in [0.25, 0.3) is 0 Å². The fourth-order valence-electron chi connectivity index (χ4n) is 0.500. The minimum absolute atomic E-state index is 0.716. The molecule has 0 bridgehead atoms. The summed E-state index contributed by atoms with van der Waals surface area (Å²) in [6.45, 7) is 3.63. The lowest BCUT2D eigenvalue weighted by Crippen LogP contribution is -1.91. The van der Waals surface area contributed by atoms with Gasteiger partial charge in [-0.25, -0.2) is 0 Å². The van der Waals surface area contributed by atoms with Crippen LogP contribution in [-0.2, 0) is 0 Å². The minimum Gasteiger partial charge on any atom is -0.398 e. The number of aromatic nitrogens is 1. The molecule has 0 aliphatic heterocycles. The summed E-state index contributed by atoms with van der Waals surface area (Å²) in [5.41, 5.74) is 6.99. The van der Waals surface area contributed by atoms with E-state index in [9.17, 15) is 0 Å². The third-order valence-electron chi connectivity index (χ3n) is 0.942. The van der Waals surface area contributed by atoms with Gasteiger partial charge in [-0.05, 0) is 35.6 Å². The molecule has 1 rings (SSSR count). The summed E-state index contributed by atoms with van der Waals surface area (Å²) in [5.74, 6) is 0. The van der Waals surface area contributed by atoms with E-state index in [2.05, 4.69) is 34.5 Å². The Bertz CT molecular complexity index is 222. The number of hydrogen-bond acceptors (Lipinski definition) is 2. The Labute approximate surface area is 67.6 Å². The largest absolute Gasteiger partial charge is 0.398 e. The molecule has 2 nitrogen and oxygen atoms in total. The van der Waals surface area contributed by atoms with Crippen molar-refractivity contribution in [1.29, 1.82) is 0 Å². The maximum absolute atomic E-state index is 5.53. The summed E-state index contributed by atoms with van der Waals surface area (Å²) in [7, 11) is 0. The van der Waals surface area contributed by atoms with E-state index in [1.54, 1.807) is 12.3 Å². The molecular formula is C6H6IN2. The molecule has 0 saturated carbocycles. The molecule has 0 spiro atoms. The number of halogens is 1. The maximum Gasteiger partial charge on any atom is 0.0543 e. The number of pyridine rings is 1. The predicted octanol–water partition coefficient (Wildman–Crippen LogP) is 1.45. The van der Waals surface area contributed by atoms with Crippen LogP contribution in [0, 0.1) is 10.5 Å². The zero-order valence-corrected chi connectivity index (χ0v) is 6.92. The lowest BCUT2D eigenvalue weighted by atomic mass is 10.3. The van der Waals surface area contributed by atoms with Gasteiger partial charge in [-0.1, -0.05) is 0 Å². The molecule has 0 aliphatic carbocycles. The Kier molecular flexibility index (Phi) is 1.90. The van der Waals surface area contributed by atoms with E-state index in [1.807, 2.05) is 0 Å². The summed E-state index contributed by atoms with van der Waals surface area (Å²) in [6.07, 6.45) is 1.71. The van der Waals surface area contributed by atoms with Crippen LogP contribution in [-0.4, -0.2) is 4.98 Å². The van der Waals surface area contributed by atoms with Crippen LogP contribution in [0.4, 0.5) is 5.69 Å². The van der Waals surface area contributed by atoms with Crippen LogP contribution < -0.4 is 5.73 Å². The summed E-state index contributed by atoms with van der Waals surface area (Å²) >= 11 is 2.13. The van der Waals surface area contributed by atoms with E-state index in [4.69, 9.17) is 5.73 Å². The van der Waals surface area contributed by atoms with Crippen molar-refractivity contribution < 1.29 is 0 Å². The smallest absolute Gasteiger partial charge is 0.0543 e. The Morgan fingerprint density at radius 1 is 1.67 bits per heavy atom. The van der Waals surface area contributed by atoms with Gasteiger partial charge in [0.1, 0.15) is 0 Å². The quantitative estimate of drug-likeness (QED) is 0.688. The molecular weight excluding hydrogens is 227 g/mol. The molecule has 1 radical (unpaired) electrons. The van der Waals surface area contributed by atoms with Crippen molar-refractivity contribution in [2.75, 3.05) is 5.73 Å². The van der Waals surface area contributed by atoms with Gasteiger partial charge < -0.3 is 5.73 Å². The number of nitrogens with two attached hydrogens (primary N) is 1. The molecule has 1 heterocycles. The average Bonchev–Trinajstić information content (AvgIpc) is 1.80. The molecule has 0 saturated heterocycles. The van der Waals surface area contributed by atoms with Gasteiger partial charge in [0.05, 0.1) is 3.57 Å². The van der Waals surface area contributed by atoms with Crippen molar-refractivity contribution in [3.8, 4) is 0 Å². The van der Waals surface area contributed by atoms with Crippen LogP contribution in [0.1, 0.15) is 5.69 Å². The molecule has 0 amide bonds. The summed E-state index contributed by atoms with van der Waals surface area (Å²) < 4.78 is 0.972. The highest BCUT2D eigenvalue weighted by molar-refractivity contribution is 14.1. The van der Waals surface area contributed by atoms with Gasteiger partial charge in [-0.2, -0.15) is 0 Å². The molecule has 1 aromatic heterocycles. The Hall–Kier alpha value is -0.320. The van der Waals surface area contributed by atoms with Crippen LogP contribution >= 0.6 is 22.6 Å². The van der Waals surface area contributed by atoms with Crippen LogP contribution in [0.2, 0.25) is 0 Å². The molecule has 0 atom stereocenters. The molecule has 0 fully saturated rings. The van der Waals surface area contributed by atoms with E-state index in [1.165, 1.54) is 0 Å². The topological polar surface area (TPSA) is 38.9 Å². The maximum atomic E-state index is 5.53. The highest BCUT2D eigenvalue weighted by Crippen LogP contribution is 2.12. The van der Waals surface area contributed by atoms with E-state index < -0.39 is 0 Å². The Morgan fingerprint density at radius 2 is 2.33 bits per heavy atom. The number of hydrogen-bond donors (Lipinski definition) is 1. The number of nitrogen functional groups attached to an aromatic ring is 1. The second-order valence-electron chi connectivity index (χ2n) is 1.70. The zero-order chi connectivity index (χ0) is 6.85. The number of nitrogens with zero attached hydrogens (tertiary/aromatic N) is 1. The molecule has 0 unspecified atom stereocenters. The van der Waals surface area contributed by atoms with Crippen LogP contribution in [0.5, 0.6) is 0 Å². The standard InChI is InChI=1S/C6H6IN2/c1-4-2-6(8)5(7)3-9-4/h2-3H,1H2,(H2,8,9). The Balaban J connectivity index is 3.17. The second kappa shape index (κ2) is 2.51. The average molecular weight is 233 g/mol. The van der Waals surface area contributed by atoms with Gasteiger partial charge in [0.2, 0.25) is 0 Å². The van der Waals surface area contributed by atoms with Gasteiger partial charge >= 0.3 is 0 Å². The van der Waals surface area contributed by atoms with E-state index in [0.29, 0.717) is 5.69 Å². The van der Waals surface area contributed by atoms with Crippen molar-refractivity contribution in [3.05, 3.63) is 28.5 Å². The fourth-order valence-corrected chi connectivity index (χ4v) is 0.795. The summed E-state index contributed by atoms with van der Waals surface area (Å²) in [5, 5.41) is 0. The predicted molar refractivity (Wildman–Crippen MR) is 45.8 cm³/mol. The summed E-state index contributed by atoms with van der Waals surface area (Å²) in [4.78, 5) is 3.94. The van der Waals surface area contributed by atoms with E-state index >= 15 is 0 Å². The monoisotopic (exact) mass is 233 g/mol. The third kappa shape index (κ3) is 1.54. The lowest BCUT2D eigenvalue weighted by molar-refractivity contribution is 1.25. The highest BCUT2D eigenvalue weighted by atomic mass is 127. The first-order valence-corrected chi connectivity index (χ1v) is 3.51. The number of anilines is 1. The molecule has 1 aromatic rings. The zero-order valence-electron chi connectivity index (χ0n) is 4.76. The van der Waals surface area contributed by atoms with Gasteiger partial charge in [0.25, 0.3) is 0 Å². The molecule has 9 heavy (non-hydrogen) atoms. The van der Waals surface area contributed by atoms with Crippen molar-refractivity contribution in [2.24, 2.45) is 0 Å². The molecule has 0 aliphatic rings. The van der Waals surface area contributed by atoms with Gasteiger partial charge in [0.15, 0.2) is 0 Å². The Morgan fingerprint density at radius 3 is 2.78 bits per heavy atom. The van der Waals surface area contributed by atoms with Crippen molar-refractivity contribution >= 4 is 28.3 Å². The highest BCUT2D eigenvalue weighted by Gasteiger charge is 1.92. The minimum atomic E-state index is 0.716. The first-order chi connectivity index (χ1) is 4.20. The first-order valence-electron chi connectivity index (χ1n) is 2.43. The van der Waals surface area contributed by atoms with Crippen molar-refractivity contribution in [3.63, 3.8) is 0 Å². The van der Waals surface area contributed by atoms with Gasteiger partial charge in [-0.15, -0.1) is 0 Å². The molecule has 47 valence electrons. The second-order valence-corrected chi connectivity index (χ2v) is 2.86. The van der Waals surface area contributed by atoms with Crippen LogP contribution in [0.15, 0.2) is 12.3 Å². The van der Waals surface area contributed by atoms with Gasteiger partial charge in [-0.3, -0.25) is 4.98 Å². The molecule has 3 heteroatoms. The van der Waals surface area contributed by atoms with Crippen molar-refractivity contribution in [1.82, 2.24) is 4.98 Å². The van der Waals surface area contributed by atoms with E-state index in [0.717, 1.165) is 9.26 Å². The van der Waals surface area contributed by atoms with Gasteiger partial charge in [0, 0.05) is 17.6 Å². The summed E-state index contributed by atoms with van der Waals surface area (Å²) in [6, 6.07) is 1.75. The number of rotatable bonds is 0. The first kappa shape index (κ1) is 6.80. The molecule has 0 aromatic carbocycles. The SMILES string of the molecule is [CH2]c1cc(N)c(I)cn1.